The summed E-state index contributed by atoms with van der Waals surface area (Å²) in [7, 11) is -2.05. The van der Waals surface area contributed by atoms with Gasteiger partial charge in [-0.3, -0.25) is 4.79 Å². The topological polar surface area (TPSA) is 93.6 Å². The average molecular weight is 322 g/mol. The van der Waals surface area contributed by atoms with E-state index in [1.165, 1.54) is 23.3 Å². The molecule has 0 fully saturated rings. The standard InChI is InChI=1S/C15H18N2O4S/c1-10-8-9-21-14(10)15(18)17(3)11(2)12-4-6-13(7-5-12)22(16,19)20/h4-9,11H,1-3H3,(H2,16,19,20)/t11-/m1/s1. The van der Waals surface area contributed by atoms with Crippen molar-refractivity contribution >= 4 is 15.9 Å². The normalized spacial score (nSPS) is 12.9. The number of carbonyl (C=O) groups excluding carboxylic acids is 1. The van der Waals surface area contributed by atoms with E-state index in [1.54, 1.807) is 32.2 Å². The SMILES string of the molecule is Cc1ccoc1C(=O)N(C)[C@H](C)c1ccc(S(N)(=O)=O)cc1. The third kappa shape index (κ3) is 3.20. The number of rotatable bonds is 4. The van der Waals surface area contributed by atoms with Crippen molar-refractivity contribution in [1.82, 2.24) is 4.90 Å². The van der Waals surface area contributed by atoms with Crippen molar-refractivity contribution in [3.05, 3.63) is 53.5 Å². The highest BCUT2D eigenvalue weighted by molar-refractivity contribution is 7.89. The monoisotopic (exact) mass is 322 g/mol. The lowest BCUT2D eigenvalue weighted by atomic mass is 10.1. The lowest BCUT2D eigenvalue weighted by molar-refractivity contribution is 0.0709. The summed E-state index contributed by atoms with van der Waals surface area (Å²) in [5, 5.41) is 5.07. The molecule has 2 N–H and O–H groups in total. The smallest absolute Gasteiger partial charge is 0.290 e. The number of nitrogens with two attached hydrogens (primary N) is 1. The summed E-state index contributed by atoms with van der Waals surface area (Å²) in [5.41, 5.74) is 1.57. The largest absolute Gasteiger partial charge is 0.459 e. The summed E-state index contributed by atoms with van der Waals surface area (Å²) in [5.74, 6) is 0.0704. The first kappa shape index (κ1) is 16.3. The minimum Gasteiger partial charge on any atom is -0.459 e. The van der Waals surface area contributed by atoms with Crippen LogP contribution in [-0.2, 0) is 10.0 Å². The van der Waals surface area contributed by atoms with Crippen molar-refractivity contribution in [2.24, 2.45) is 5.14 Å². The second-order valence-electron chi connectivity index (χ2n) is 5.14. The fraction of sp³-hybridized carbons (Fsp3) is 0.267. The maximum atomic E-state index is 12.4. The van der Waals surface area contributed by atoms with E-state index in [2.05, 4.69) is 0 Å². The lowest BCUT2D eigenvalue weighted by Gasteiger charge is -2.24. The first-order valence-corrected chi connectivity index (χ1v) is 8.20. The number of furan rings is 1. The molecule has 2 aromatic rings. The van der Waals surface area contributed by atoms with E-state index in [9.17, 15) is 13.2 Å². The van der Waals surface area contributed by atoms with E-state index in [-0.39, 0.29) is 16.8 Å². The molecular formula is C15H18N2O4S. The van der Waals surface area contributed by atoms with Crippen LogP contribution in [0.1, 0.15) is 34.6 Å². The van der Waals surface area contributed by atoms with Crippen LogP contribution in [0.3, 0.4) is 0 Å². The summed E-state index contributed by atoms with van der Waals surface area (Å²) < 4.78 is 27.7. The molecule has 0 aliphatic rings. The van der Waals surface area contributed by atoms with Gasteiger partial charge in [0.2, 0.25) is 10.0 Å². The van der Waals surface area contributed by atoms with Crippen LogP contribution in [0.5, 0.6) is 0 Å². The predicted molar refractivity (Wildman–Crippen MR) is 81.8 cm³/mol. The van der Waals surface area contributed by atoms with E-state index in [0.29, 0.717) is 5.76 Å². The molecule has 2 rings (SSSR count). The molecule has 0 bridgehead atoms. The van der Waals surface area contributed by atoms with Crippen LogP contribution in [0, 0.1) is 6.92 Å². The molecule has 0 aliphatic heterocycles. The van der Waals surface area contributed by atoms with E-state index in [0.717, 1.165) is 11.1 Å². The first-order valence-electron chi connectivity index (χ1n) is 6.66. The van der Waals surface area contributed by atoms with Gasteiger partial charge in [-0.1, -0.05) is 12.1 Å². The summed E-state index contributed by atoms with van der Waals surface area (Å²) in [6.45, 7) is 3.65. The van der Waals surface area contributed by atoms with Crippen molar-refractivity contribution in [1.29, 1.82) is 0 Å². The average Bonchev–Trinajstić information content (AvgIpc) is 2.90. The van der Waals surface area contributed by atoms with Gasteiger partial charge in [-0.25, -0.2) is 13.6 Å². The Hall–Kier alpha value is -2.12. The summed E-state index contributed by atoms with van der Waals surface area (Å²) in [6.07, 6.45) is 1.47. The number of aryl methyl sites for hydroxylation is 1. The Morgan fingerprint density at radius 1 is 1.23 bits per heavy atom. The molecule has 1 aromatic heterocycles. The Morgan fingerprint density at radius 3 is 2.27 bits per heavy atom. The number of amides is 1. The Bertz CT molecular complexity index is 778. The molecule has 118 valence electrons. The minimum atomic E-state index is -3.72. The molecule has 0 aliphatic carbocycles. The number of hydrogen-bond donors (Lipinski definition) is 1. The highest BCUT2D eigenvalue weighted by Crippen LogP contribution is 2.23. The van der Waals surface area contributed by atoms with Gasteiger partial charge >= 0.3 is 0 Å². The number of primary sulfonamides is 1. The number of benzene rings is 1. The maximum Gasteiger partial charge on any atom is 0.290 e. The zero-order valence-corrected chi connectivity index (χ0v) is 13.4. The highest BCUT2D eigenvalue weighted by atomic mass is 32.2. The van der Waals surface area contributed by atoms with Gasteiger partial charge in [0.05, 0.1) is 17.2 Å². The van der Waals surface area contributed by atoms with E-state index in [4.69, 9.17) is 9.56 Å². The highest BCUT2D eigenvalue weighted by Gasteiger charge is 2.23. The van der Waals surface area contributed by atoms with Crippen LogP contribution in [0.2, 0.25) is 0 Å². The molecular weight excluding hydrogens is 304 g/mol. The van der Waals surface area contributed by atoms with Crippen LogP contribution in [0.4, 0.5) is 0 Å². The van der Waals surface area contributed by atoms with Crippen LogP contribution in [-0.4, -0.2) is 26.3 Å². The molecule has 0 saturated heterocycles. The molecule has 1 atom stereocenters. The molecule has 0 saturated carbocycles. The van der Waals surface area contributed by atoms with Crippen LogP contribution in [0.15, 0.2) is 45.9 Å². The van der Waals surface area contributed by atoms with Crippen molar-refractivity contribution in [2.75, 3.05) is 7.05 Å². The van der Waals surface area contributed by atoms with Crippen LogP contribution >= 0.6 is 0 Å². The van der Waals surface area contributed by atoms with Crippen LogP contribution < -0.4 is 5.14 Å². The third-order valence-electron chi connectivity index (χ3n) is 3.65. The molecule has 22 heavy (non-hydrogen) atoms. The van der Waals surface area contributed by atoms with Gasteiger partial charge in [0.15, 0.2) is 5.76 Å². The van der Waals surface area contributed by atoms with Crippen molar-refractivity contribution < 1.29 is 17.6 Å². The molecule has 0 unspecified atom stereocenters. The number of nitrogens with zero attached hydrogens (tertiary/aromatic N) is 1. The minimum absolute atomic E-state index is 0.0410. The number of carbonyl (C=O) groups is 1. The van der Waals surface area contributed by atoms with Gasteiger partial charge in [-0.2, -0.15) is 0 Å². The van der Waals surface area contributed by atoms with E-state index < -0.39 is 10.0 Å². The fourth-order valence-corrected chi connectivity index (χ4v) is 2.60. The number of hydrogen-bond acceptors (Lipinski definition) is 4. The Kier molecular flexibility index (Phi) is 4.39. The third-order valence-corrected chi connectivity index (χ3v) is 4.58. The molecule has 7 heteroatoms. The molecule has 6 nitrogen and oxygen atoms in total. The molecule has 1 aromatic carbocycles. The number of sulfonamides is 1. The van der Waals surface area contributed by atoms with Gasteiger partial charge in [0.25, 0.3) is 5.91 Å². The zero-order valence-electron chi connectivity index (χ0n) is 12.6. The fourth-order valence-electron chi connectivity index (χ4n) is 2.09. The quantitative estimate of drug-likeness (QED) is 0.932. The Balaban J connectivity index is 2.22. The molecule has 0 spiro atoms. The van der Waals surface area contributed by atoms with Gasteiger partial charge in [0.1, 0.15) is 0 Å². The lowest BCUT2D eigenvalue weighted by Crippen LogP contribution is -2.29. The van der Waals surface area contributed by atoms with Crippen LogP contribution in [0.25, 0.3) is 0 Å². The predicted octanol–water partition coefficient (Wildman–Crippen LogP) is 2.07. The van der Waals surface area contributed by atoms with Gasteiger partial charge in [0, 0.05) is 12.6 Å². The van der Waals surface area contributed by atoms with E-state index >= 15 is 0 Å². The summed E-state index contributed by atoms with van der Waals surface area (Å²) >= 11 is 0. The first-order chi connectivity index (χ1) is 10.2. The second kappa shape index (κ2) is 5.94. The Morgan fingerprint density at radius 2 is 1.82 bits per heavy atom. The van der Waals surface area contributed by atoms with Gasteiger partial charge < -0.3 is 9.32 Å². The molecule has 0 radical (unpaired) electrons. The Labute approximate surface area is 129 Å². The van der Waals surface area contributed by atoms with Gasteiger partial charge in [-0.15, -0.1) is 0 Å². The summed E-state index contributed by atoms with van der Waals surface area (Å²) in [6, 6.07) is 7.63. The van der Waals surface area contributed by atoms with Crippen molar-refractivity contribution in [3.8, 4) is 0 Å². The molecule has 1 amide bonds. The maximum absolute atomic E-state index is 12.4. The second-order valence-corrected chi connectivity index (χ2v) is 6.70. The zero-order chi connectivity index (χ0) is 16.5. The van der Waals surface area contributed by atoms with Crippen molar-refractivity contribution in [2.45, 2.75) is 24.8 Å². The molecule has 1 heterocycles. The van der Waals surface area contributed by atoms with Crippen molar-refractivity contribution in [3.63, 3.8) is 0 Å². The van der Waals surface area contributed by atoms with E-state index in [1.807, 2.05) is 6.92 Å². The summed E-state index contributed by atoms with van der Waals surface area (Å²) in [4.78, 5) is 14.0. The van der Waals surface area contributed by atoms with Gasteiger partial charge in [-0.05, 0) is 37.6 Å².